The molecule has 0 atom stereocenters. The van der Waals surface area contributed by atoms with Crippen LogP contribution in [-0.2, 0) is 0 Å². The SMILES string of the molecule is C=C(NCC(C)(C)C)c1ccc(-c2cc(C(=C)NC3CC3)cc(C)c2C)nc1. The lowest BCUT2D eigenvalue weighted by molar-refractivity contribution is 0.406. The molecule has 0 aliphatic heterocycles. The van der Waals surface area contributed by atoms with Gasteiger partial charge in [0.2, 0.25) is 0 Å². The van der Waals surface area contributed by atoms with E-state index in [9.17, 15) is 0 Å². The number of benzene rings is 1. The zero-order valence-electron chi connectivity index (χ0n) is 17.9. The number of nitrogens with zero attached hydrogens (tertiary/aromatic N) is 1. The second-order valence-electron chi connectivity index (χ2n) is 9.19. The van der Waals surface area contributed by atoms with E-state index in [2.05, 4.69) is 82.7 Å². The summed E-state index contributed by atoms with van der Waals surface area (Å²) in [6.07, 6.45) is 4.39. The normalized spacial score (nSPS) is 13.9. The van der Waals surface area contributed by atoms with Gasteiger partial charge in [-0.05, 0) is 73.1 Å². The first-order valence-corrected chi connectivity index (χ1v) is 10.1. The fourth-order valence-corrected chi connectivity index (χ4v) is 3.06. The Morgan fingerprint density at radius 3 is 2.36 bits per heavy atom. The highest BCUT2D eigenvalue weighted by Gasteiger charge is 2.22. The predicted molar refractivity (Wildman–Crippen MR) is 121 cm³/mol. The lowest BCUT2D eigenvalue weighted by Crippen LogP contribution is -2.25. The second kappa shape index (κ2) is 7.83. The smallest absolute Gasteiger partial charge is 0.0705 e. The molecule has 1 aliphatic rings. The molecule has 0 bridgehead atoms. The summed E-state index contributed by atoms with van der Waals surface area (Å²) in [5, 5.41) is 6.92. The summed E-state index contributed by atoms with van der Waals surface area (Å²) >= 11 is 0. The predicted octanol–water partition coefficient (Wildman–Crippen LogP) is 5.69. The molecule has 3 rings (SSSR count). The van der Waals surface area contributed by atoms with Gasteiger partial charge in [0, 0.05) is 41.3 Å². The number of nitrogens with one attached hydrogen (secondary N) is 2. The van der Waals surface area contributed by atoms with Crippen molar-refractivity contribution in [1.29, 1.82) is 0 Å². The van der Waals surface area contributed by atoms with Gasteiger partial charge in [0.1, 0.15) is 0 Å². The Labute approximate surface area is 170 Å². The van der Waals surface area contributed by atoms with Crippen molar-refractivity contribution >= 4 is 11.4 Å². The maximum Gasteiger partial charge on any atom is 0.0705 e. The molecule has 1 aromatic carbocycles. The van der Waals surface area contributed by atoms with Crippen LogP contribution in [0.4, 0.5) is 0 Å². The van der Waals surface area contributed by atoms with Gasteiger partial charge < -0.3 is 10.6 Å². The van der Waals surface area contributed by atoms with Crippen LogP contribution >= 0.6 is 0 Å². The topological polar surface area (TPSA) is 37.0 Å². The van der Waals surface area contributed by atoms with Crippen LogP contribution in [0, 0.1) is 19.3 Å². The summed E-state index contributed by atoms with van der Waals surface area (Å²) in [6, 6.07) is 9.19. The quantitative estimate of drug-likeness (QED) is 0.652. The average molecular weight is 376 g/mol. The van der Waals surface area contributed by atoms with Gasteiger partial charge in [-0.2, -0.15) is 0 Å². The second-order valence-corrected chi connectivity index (χ2v) is 9.19. The Morgan fingerprint density at radius 1 is 1.07 bits per heavy atom. The van der Waals surface area contributed by atoms with E-state index in [0.717, 1.165) is 40.3 Å². The van der Waals surface area contributed by atoms with Crippen molar-refractivity contribution < 1.29 is 0 Å². The first kappa shape index (κ1) is 20.2. The monoisotopic (exact) mass is 375 g/mol. The van der Waals surface area contributed by atoms with Gasteiger partial charge in [-0.25, -0.2) is 0 Å². The van der Waals surface area contributed by atoms with E-state index in [0.29, 0.717) is 6.04 Å². The minimum absolute atomic E-state index is 0.211. The standard InChI is InChI=1S/C25H33N3/c1-16-12-21(19(4)28-22-9-10-22)13-23(17(16)2)24-11-8-20(14-26-24)18(3)27-15-25(5,6)7/h8,11-14,22,27-28H,3-4,9-10,15H2,1-2,5-7H3. The van der Waals surface area contributed by atoms with Crippen molar-refractivity contribution in [3.05, 3.63) is 65.9 Å². The van der Waals surface area contributed by atoms with Gasteiger partial charge in [0.25, 0.3) is 0 Å². The first-order chi connectivity index (χ1) is 13.1. The molecule has 1 heterocycles. The van der Waals surface area contributed by atoms with Gasteiger partial charge in [0.15, 0.2) is 0 Å². The van der Waals surface area contributed by atoms with Crippen molar-refractivity contribution in [2.24, 2.45) is 5.41 Å². The minimum atomic E-state index is 0.211. The molecule has 1 aliphatic carbocycles. The average Bonchev–Trinajstić information content (AvgIpc) is 3.45. The highest BCUT2D eigenvalue weighted by molar-refractivity contribution is 5.74. The molecule has 2 aromatic rings. The molecule has 0 amide bonds. The van der Waals surface area contributed by atoms with Crippen LogP contribution in [0.25, 0.3) is 22.7 Å². The molecular weight excluding hydrogens is 342 g/mol. The summed E-state index contributed by atoms with van der Waals surface area (Å²) in [7, 11) is 0. The summed E-state index contributed by atoms with van der Waals surface area (Å²) in [5.41, 5.74) is 8.96. The third-order valence-corrected chi connectivity index (χ3v) is 5.19. The first-order valence-electron chi connectivity index (χ1n) is 10.1. The van der Waals surface area contributed by atoms with Crippen LogP contribution in [0.15, 0.2) is 43.6 Å². The van der Waals surface area contributed by atoms with Crippen molar-refractivity contribution in [2.75, 3.05) is 6.54 Å². The van der Waals surface area contributed by atoms with Gasteiger partial charge in [-0.15, -0.1) is 0 Å². The largest absolute Gasteiger partial charge is 0.384 e. The number of aromatic nitrogens is 1. The molecule has 0 unspecified atom stereocenters. The third kappa shape index (κ3) is 5.03. The lowest BCUT2D eigenvalue weighted by Gasteiger charge is -2.21. The molecule has 0 spiro atoms. The Hall–Kier alpha value is -2.55. The molecule has 148 valence electrons. The molecule has 0 radical (unpaired) electrons. The zero-order chi connectivity index (χ0) is 20.5. The van der Waals surface area contributed by atoms with E-state index in [4.69, 9.17) is 4.98 Å². The van der Waals surface area contributed by atoms with Gasteiger partial charge in [0.05, 0.1) is 5.69 Å². The molecule has 1 aromatic heterocycles. The van der Waals surface area contributed by atoms with Crippen LogP contribution in [-0.4, -0.2) is 17.6 Å². The minimum Gasteiger partial charge on any atom is -0.384 e. The van der Waals surface area contributed by atoms with Gasteiger partial charge >= 0.3 is 0 Å². The van der Waals surface area contributed by atoms with Crippen LogP contribution in [0.2, 0.25) is 0 Å². The van der Waals surface area contributed by atoms with Crippen molar-refractivity contribution in [1.82, 2.24) is 15.6 Å². The number of rotatable bonds is 7. The number of hydrogen-bond acceptors (Lipinski definition) is 3. The number of aryl methyl sites for hydroxylation is 1. The fraction of sp³-hybridized carbons (Fsp3) is 0.400. The van der Waals surface area contributed by atoms with E-state index >= 15 is 0 Å². The Kier molecular flexibility index (Phi) is 5.64. The van der Waals surface area contributed by atoms with E-state index in [1.807, 2.05) is 6.20 Å². The maximum atomic E-state index is 4.74. The van der Waals surface area contributed by atoms with Crippen LogP contribution in [0.1, 0.15) is 55.9 Å². The van der Waals surface area contributed by atoms with Crippen molar-refractivity contribution in [2.45, 2.75) is 53.5 Å². The molecule has 3 nitrogen and oxygen atoms in total. The Balaban J connectivity index is 1.81. The lowest BCUT2D eigenvalue weighted by atomic mass is 9.95. The summed E-state index contributed by atoms with van der Waals surface area (Å²) in [5.74, 6) is 0. The Morgan fingerprint density at radius 2 is 1.79 bits per heavy atom. The molecule has 1 saturated carbocycles. The molecule has 0 saturated heterocycles. The van der Waals surface area contributed by atoms with Crippen LogP contribution < -0.4 is 10.6 Å². The molecular formula is C25H33N3. The molecule has 1 fully saturated rings. The van der Waals surface area contributed by atoms with Crippen LogP contribution in [0.5, 0.6) is 0 Å². The highest BCUT2D eigenvalue weighted by Crippen LogP contribution is 2.30. The molecule has 28 heavy (non-hydrogen) atoms. The van der Waals surface area contributed by atoms with Gasteiger partial charge in [-0.3, -0.25) is 4.98 Å². The van der Waals surface area contributed by atoms with Gasteiger partial charge in [-0.1, -0.05) is 33.9 Å². The summed E-state index contributed by atoms with van der Waals surface area (Å²) in [4.78, 5) is 4.74. The van der Waals surface area contributed by atoms with Crippen molar-refractivity contribution in [3.63, 3.8) is 0 Å². The zero-order valence-corrected chi connectivity index (χ0v) is 17.9. The highest BCUT2D eigenvalue weighted by atomic mass is 15.0. The van der Waals surface area contributed by atoms with E-state index in [-0.39, 0.29) is 5.41 Å². The third-order valence-electron chi connectivity index (χ3n) is 5.19. The molecule has 2 N–H and O–H groups in total. The maximum absolute atomic E-state index is 4.74. The Bertz CT molecular complexity index is 881. The number of pyridine rings is 1. The van der Waals surface area contributed by atoms with Crippen LogP contribution in [0.3, 0.4) is 0 Å². The van der Waals surface area contributed by atoms with Crippen molar-refractivity contribution in [3.8, 4) is 11.3 Å². The summed E-state index contributed by atoms with van der Waals surface area (Å²) < 4.78 is 0. The summed E-state index contributed by atoms with van der Waals surface area (Å²) in [6.45, 7) is 20.2. The number of hydrogen-bond donors (Lipinski definition) is 2. The molecule has 3 heteroatoms. The van der Waals surface area contributed by atoms with E-state index in [1.165, 1.54) is 24.0 Å². The van der Waals surface area contributed by atoms with E-state index in [1.54, 1.807) is 0 Å². The fourth-order valence-electron chi connectivity index (χ4n) is 3.06. The van der Waals surface area contributed by atoms with E-state index < -0.39 is 0 Å².